The van der Waals surface area contributed by atoms with Crippen molar-refractivity contribution in [1.82, 2.24) is 5.32 Å². The quantitative estimate of drug-likeness (QED) is 0.886. The fraction of sp³-hybridized carbons (Fsp3) is 0.647. The van der Waals surface area contributed by atoms with E-state index in [-0.39, 0.29) is 0 Å². The Bertz CT molecular complexity index is 423. The molecule has 0 amide bonds. The van der Waals surface area contributed by atoms with Gasteiger partial charge in [-0.15, -0.1) is 0 Å². The van der Waals surface area contributed by atoms with E-state index in [9.17, 15) is 0 Å². The zero-order valence-electron chi connectivity index (χ0n) is 12.0. The number of hydrogen-bond acceptors (Lipinski definition) is 2. The van der Waals surface area contributed by atoms with Crippen molar-refractivity contribution >= 4 is 0 Å². The molecule has 0 spiro atoms. The minimum Gasteiger partial charge on any atom is -0.493 e. The summed E-state index contributed by atoms with van der Waals surface area (Å²) in [6.07, 6.45) is 7.72. The van der Waals surface area contributed by atoms with Crippen LogP contribution in [0.15, 0.2) is 24.3 Å². The van der Waals surface area contributed by atoms with Crippen molar-refractivity contribution in [3.63, 3.8) is 0 Å². The molecule has 1 fully saturated rings. The molecule has 2 unspecified atom stereocenters. The molecule has 2 aliphatic rings. The van der Waals surface area contributed by atoms with Gasteiger partial charge in [0.1, 0.15) is 5.75 Å². The number of benzene rings is 1. The van der Waals surface area contributed by atoms with E-state index in [1.54, 1.807) is 0 Å². The van der Waals surface area contributed by atoms with Crippen molar-refractivity contribution in [3.8, 4) is 5.75 Å². The summed E-state index contributed by atoms with van der Waals surface area (Å²) in [4.78, 5) is 0. The summed E-state index contributed by atoms with van der Waals surface area (Å²) in [5, 5.41) is 3.81. The van der Waals surface area contributed by atoms with Crippen LogP contribution in [0, 0.1) is 0 Å². The topological polar surface area (TPSA) is 21.3 Å². The molecule has 104 valence electrons. The summed E-state index contributed by atoms with van der Waals surface area (Å²) in [6, 6.07) is 8.61. The van der Waals surface area contributed by atoms with E-state index in [1.165, 1.54) is 50.6 Å². The van der Waals surface area contributed by atoms with Crippen molar-refractivity contribution < 1.29 is 4.74 Å². The van der Waals surface area contributed by atoms with Crippen molar-refractivity contribution in [2.45, 2.75) is 56.9 Å². The van der Waals surface area contributed by atoms with Crippen LogP contribution in [0.5, 0.6) is 5.75 Å². The molecule has 0 saturated carbocycles. The first-order chi connectivity index (χ1) is 9.33. The van der Waals surface area contributed by atoms with E-state index < -0.39 is 0 Å². The number of rotatable bonds is 4. The van der Waals surface area contributed by atoms with Gasteiger partial charge < -0.3 is 10.1 Å². The van der Waals surface area contributed by atoms with Gasteiger partial charge in [0.15, 0.2) is 0 Å². The second-order valence-electron chi connectivity index (χ2n) is 6.14. The molecule has 1 N–H and O–H groups in total. The smallest absolute Gasteiger partial charge is 0.122 e. The van der Waals surface area contributed by atoms with Gasteiger partial charge >= 0.3 is 0 Å². The number of fused-ring (bicyclic) bond motifs is 1. The first kappa shape index (κ1) is 13.0. The Labute approximate surface area is 116 Å². The fourth-order valence-corrected chi connectivity index (χ4v) is 3.94. The third kappa shape index (κ3) is 2.64. The number of ether oxygens (including phenoxy) is 1. The Hall–Kier alpha value is -1.02. The molecule has 0 aromatic heterocycles. The second kappa shape index (κ2) is 5.54. The van der Waals surface area contributed by atoms with Crippen molar-refractivity contribution in [2.75, 3.05) is 13.2 Å². The Morgan fingerprint density at radius 1 is 1.37 bits per heavy atom. The van der Waals surface area contributed by atoms with Crippen LogP contribution in [0.3, 0.4) is 0 Å². The Morgan fingerprint density at radius 3 is 3.05 bits per heavy atom. The first-order valence-electron chi connectivity index (χ1n) is 7.80. The minimum absolute atomic E-state index is 0.393. The average Bonchev–Trinajstić information content (AvgIpc) is 2.88. The lowest BCUT2D eigenvalue weighted by Crippen LogP contribution is -2.41. The van der Waals surface area contributed by atoms with E-state index in [0.717, 1.165) is 12.4 Å². The summed E-state index contributed by atoms with van der Waals surface area (Å²) in [6.45, 7) is 4.38. The van der Waals surface area contributed by atoms with Gasteiger partial charge in [0.05, 0.1) is 6.61 Å². The SMILES string of the molecule is CCCC1(CC2CCOc3ccccc32)CCCN1. The van der Waals surface area contributed by atoms with Crippen LogP contribution in [-0.2, 0) is 0 Å². The zero-order valence-corrected chi connectivity index (χ0v) is 12.0. The summed E-state index contributed by atoms with van der Waals surface area (Å²) in [5.41, 5.74) is 1.82. The van der Waals surface area contributed by atoms with Crippen LogP contribution in [0.25, 0.3) is 0 Å². The van der Waals surface area contributed by atoms with Gasteiger partial charge in [-0.3, -0.25) is 0 Å². The Balaban J connectivity index is 1.80. The lowest BCUT2D eigenvalue weighted by atomic mass is 9.78. The van der Waals surface area contributed by atoms with Gasteiger partial charge in [0.25, 0.3) is 0 Å². The minimum atomic E-state index is 0.393. The van der Waals surface area contributed by atoms with Gasteiger partial charge in [0.2, 0.25) is 0 Å². The highest BCUT2D eigenvalue weighted by atomic mass is 16.5. The van der Waals surface area contributed by atoms with Crippen LogP contribution < -0.4 is 10.1 Å². The summed E-state index contributed by atoms with van der Waals surface area (Å²) >= 11 is 0. The molecule has 19 heavy (non-hydrogen) atoms. The van der Waals surface area contributed by atoms with Crippen LogP contribution >= 0.6 is 0 Å². The normalized spacial score (nSPS) is 29.8. The Morgan fingerprint density at radius 2 is 2.26 bits per heavy atom. The molecule has 2 heterocycles. The lowest BCUT2D eigenvalue weighted by molar-refractivity contribution is 0.226. The highest BCUT2D eigenvalue weighted by Gasteiger charge is 2.36. The van der Waals surface area contributed by atoms with Crippen LogP contribution in [0.2, 0.25) is 0 Å². The molecule has 1 saturated heterocycles. The van der Waals surface area contributed by atoms with E-state index in [2.05, 4.69) is 36.5 Å². The first-order valence-corrected chi connectivity index (χ1v) is 7.80. The number of para-hydroxylation sites is 1. The maximum Gasteiger partial charge on any atom is 0.122 e. The lowest BCUT2D eigenvalue weighted by Gasteiger charge is -2.36. The largest absolute Gasteiger partial charge is 0.493 e. The predicted molar refractivity (Wildman–Crippen MR) is 78.8 cm³/mol. The highest BCUT2D eigenvalue weighted by Crippen LogP contribution is 2.41. The van der Waals surface area contributed by atoms with E-state index in [0.29, 0.717) is 11.5 Å². The van der Waals surface area contributed by atoms with E-state index >= 15 is 0 Å². The molecule has 0 aliphatic carbocycles. The van der Waals surface area contributed by atoms with Crippen LogP contribution in [0.4, 0.5) is 0 Å². The summed E-state index contributed by atoms with van der Waals surface area (Å²) in [7, 11) is 0. The fourth-order valence-electron chi connectivity index (χ4n) is 3.94. The number of nitrogens with one attached hydrogen (secondary N) is 1. The van der Waals surface area contributed by atoms with Crippen molar-refractivity contribution in [1.29, 1.82) is 0 Å². The molecular formula is C17H25NO. The van der Waals surface area contributed by atoms with Gasteiger partial charge in [-0.25, -0.2) is 0 Å². The van der Waals surface area contributed by atoms with Gasteiger partial charge in [-0.1, -0.05) is 31.5 Å². The summed E-state index contributed by atoms with van der Waals surface area (Å²) < 4.78 is 5.79. The molecule has 1 aromatic carbocycles. The maximum absolute atomic E-state index is 5.79. The third-order valence-electron chi connectivity index (χ3n) is 4.78. The molecule has 3 rings (SSSR count). The molecule has 2 heteroatoms. The van der Waals surface area contributed by atoms with Crippen LogP contribution in [0.1, 0.15) is 56.9 Å². The summed E-state index contributed by atoms with van der Waals surface area (Å²) in [5.74, 6) is 1.78. The number of hydrogen-bond donors (Lipinski definition) is 1. The average molecular weight is 259 g/mol. The molecule has 0 radical (unpaired) electrons. The molecule has 1 aromatic rings. The monoisotopic (exact) mass is 259 g/mol. The maximum atomic E-state index is 5.79. The second-order valence-corrected chi connectivity index (χ2v) is 6.14. The molecule has 2 aliphatic heterocycles. The third-order valence-corrected chi connectivity index (χ3v) is 4.78. The molecule has 2 nitrogen and oxygen atoms in total. The predicted octanol–water partition coefficient (Wildman–Crippen LogP) is 3.87. The molecular weight excluding hydrogens is 234 g/mol. The zero-order chi connectivity index (χ0) is 13.1. The van der Waals surface area contributed by atoms with Crippen molar-refractivity contribution in [3.05, 3.63) is 29.8 Å². The Kier molecular flexibility index (Phi) is 3.79. The van der Waals surface area contributed by atoms with Gasteiger partial charge in [-0.2, -0.15) is 0 Å². The van der Waals surface area contributed by atoms with Crippen LogP contribution in [-0.4, -0.2) is 18.7 Å². The molecule has 0 bridgehead atoms. The standard InChI is InChI=1S/C17H25NO/c1-2-9-17(10-5-11-18-17)13-14-8-12-19-16-7-4-3-6-15(14)16/h3-4,6-7,14,18H,2,5,8-13H2,1H3. The molecule has 2 atom stereocenters. The van der Waals surface area contributed by atoms with E-state index in [4.69, 9.17) is 4.74 Å². The van der Waals surface area contributed by atoms with Gasteiger partial charge in [-0.05, 0) is 56.2 Å². The highest BCUT2D eigenvalue weighted by molar-refractivity contribution is 5.38. The van der Waals surface area contributed by atoms with Crippen molar-refractivity contribution in [2.24, 2.45) is 0 Å². The van der Waals surface area contributed by atoms with Gasteiger partial charge in [0, 0.05) is 5.54 Å². The van der Waals surface area contributed by atoms with E-state index in [1.807, 2.05) is 0 Å².